The average molecular weight is 308 g/mol. The molecule has 0 saturated carbocycles. The lowest BCUT2D eigenvalue weighted by atomic mass is 10.1. The summed E-state index contributed by atoms with van der Waals surface area (Å²) in [6, 6.07) is 0. The van der Waals surface area contributed by atoms with Crippen LogP contribution in [0.5, 0.6) is 0 Å². The molecule has 0 aliphatic heterocycles. The highest BCUT2D eigenvalue weighted by atomic mass is 16.5. The first-order valence-electron chi connectivity index (χ1n) is 8.96. The summed E-state index contributed by atoms with van der Waals surface area (Å²) < 4.78 is 11.1. The van der Waals surface area contributed by atoms with Gasteiger partial charge in [-0.2, -0.15) is 0 Å². The molecule has 2 aliphatic rings. The molecule has 0 aromatic carbocycles. The van der Waals surface area contributed by atoms with Crippen LogP contribution in [-0.4, -0.2) is 39.5 Å². The van der Waals surface area contributed by atoms with Crippen LogP contribution in [-0.2, 0) is 9.47 Å². The second-order valence-corrected chi connectivity index (χ2v) is 6.03. The Morgan fingerprint density at radius 1 is 0.682 bits per heavy atom. The van der Waals surface area contributed by atoms with Crippen molar-refractivity contribution >= 4 is 0 Å². The van der Waals surface area contributed by atoms with E-state index in [0.29, 0.717) is 13.2 Å². The van der Waals surface area contributed by atoms with E-state index in [1.54, 1.807) is 0 Å². The molecular weight excluding hydrogens is 276 g/mol. The molecule has 0 fully saturated rings. The first kappa shape index (κ1) is 17.4. The monoisotopic (exact) mass is 308 g/mol. The van der Waals surface area contributed by atoms with E-state index in [4.69, 9.17) is 9.47 Å². The zero-order valence-corrected chi connectivity index (χ0v) is 13.9. The van der Waals surface area contributed by atoms with Crippen molar-refractivity contribution in [3.05, 3.63) is 23.5 Å². The summed E-state index contributed by atoms with van der Waals surface area (Å²) in [5, 5.41) is 6.90. The van der Waals surface area contributed by atoms with Gasteiger partial charge in [0, 0.05) is 24.5 Å². The lowest BCUT2D eigenvalue weighted by Gasteiger charge is -2.15. The molecule has 0 saturated heterocycles. The van der Waals surface area contributed by atoms with Crippen LogP contribution in [0.1, 0.15) is 51.4 Å². The predicted molar refractivity (Wildman–Crippen MR) is 90.7 cm³/mol. The number of nitrogens with one attached hydrogen (secondary N) is 2. The Labute approximate surface area is 135 Å². The molecule has 0 aromatic heterocycles. The minimum atomic E-state index is 0.684. The van der Waals surface area contributed by atoms with Gasteiger partial charge in [0.15, 0.2) is 0 Å². The summed E-state index contributed by atoms with van der Waals surface area (Å²) >= 11 is 0. The summed E-state index contributed by atoms with van der Waals surface area (Å²) in [6.45, 7) is 4.69. The Balaban J connectivity index is 1.32. The molecule has 4 heteroatoms. The lowest BCUT2D eigenvalue weighted by Crippen LogP contribution is -2.22. The van der Waals surface area contributed by atoms with Crippen LogP contribution in [0.3, 0.4) is 0 Å². The van der Waals surface area contributed by atoms with E-state index in [2.05, 4.69) is 22.8 Å². The van der Waals surface area contributed by atoms with Gasteiger partial charge in [0.05, 0.1) is 26.4 Å². The van der Waals surface area contributed by atoms with Crippen molar-refractivity contribution in [2.45, 2.75) is 51.4 Å². The minimum absolute atomic E-state index is 0.684. The fourth-order valence-electron chi connectivity index (χ4n) is 2.89. The summed E-state index contributed by atoms with van der Waals surface area (Å²) in [4.78, 5) is 0. The normalized spacial score (nSPS) is 18.5. The van der Waals surface area contributed by atoms with Gasteiger partial charge in [-0.1, -0.05) is 12.2 Å². The van der Waals surface area contributed by atoms with Gasteiger partial charge < -0.3 is 20.1 Å². The van der Waals surface area contributed by atoms with Crippen molar-refractivity contribution < 1.29 is 9.47 Å². The van der Waals surface area contributed by atoms with E-state index >= 15 is 0 Å². The molecule has 0 amide bonds. The molecule has 2 aliphatic carbocycles. The Bertz CT molecular complexity index is 319. The molecule has 126 valence electrons. The van der Waals surface area contributed by atoms with Gasteiger partial charge in [0.25, 0.3) is 0 Å². The van der Waals surface area contributed by atoms with Crippen LogP contribution in [0.25, 0.3) is 0 Å². The fraction of sp³-hybridized carbons (Fsp3) is 0.778. The van der Waals surface area contributed by atoms with Gasteiger partial charge in [-0.3, -0.25) is 0 Å². The fourth-order valence-corrected chi connectivity index (χ4v) is 2.89. The maximum absolute atomic E-state index is 5.57. The summed E-state index contributed by atoms with van der Waals surface area (Å²) in [5.41, 5.74) is 2.79. The summed E-state index contributed by atoms with van der Waals surface area (Å²) in [7, 11) is 0. The molecule has 0 atom stereocenters. The Kier molecular flexibility index (Phi) is 9.11. The van der Waals surface area contributed by atoms with E-state index in [-0.39, 0.29) is 0 Å². The number of hydrogen-bond donors (Lipinski definition) is 2. The third kappa shape index (κ3) is 7.85. The van der Waals surface area contributed by atoms with Crippen LogP contribution < -0.4 is 10.6 Å². The molecule has 4 nitrogen and oxygen atoms in total. The van der Waals surface area contributed by atoms with E-state index in [1.165, 1.54) is 62.8 Å². The van der Waals surface area contributed by atoms with Gasteiger partial charge in [-0.15, -0.1) is 0 Å². The number of allylic oxidation sites excluding steroid dienone is 4. The molecule has 0 radical (unpaired) electrons. The largest absolute Gasteiger partial charge is 0.386 e. The van der Waals surface area contributed by atoms with Crippen LogP contribution in [0.15, 0.2) is 23.5 Å². The number of rotatable bonds is 11. The Morgan fingerprint density at radius 2 is 1.18 bits per heavy atom. The van der Waals surface area contributed by atoms with Gasteiger partial charge in [-0.05, 0) is 51.4 Å². The molecule has 0 spiro atoms. The molecule has 0 aromatic rings. The van der Waals surface area contributed by atoms with E-state index in [0.717, 1.165) is 26.3 Å². The number of ether oxygens (including phenoxy) is 2. The van der Waals surface area contributed by atoms with Gasteiger partial charge in [-0.25, -0.2) is 0 Å². The van der Waals surface area contributed by atoms with Crippen molar-refractivity contribution in [2.24, 2.45) is 0 Å². The highest BCUT2D eigenvalue weighted by Crippen LogP contribution is 2.15. The minimum Gasteiger partial charge on any atom is -0.386 e. The van der Waals surface area contributed by atoms with E-state index < -0.39 is 0 Å². The molecular formula is C18H32N2O2. The summed E-state index contributed by atoms with van der Waals surface area (Å²) in [5.74, 6) is 0. The predicted octanol–water partition coefficient (Wildman–Crippen LogP) is 3.11. The zero-order valence-electron chi connectivity index (χ0n) is 13.9. The van der Waals surface area contributed by atoms with Crippen molar-refractivity contribution in [3.63, 3.8) is 0 Å². The van der Waals surface area contributed by atoms with Crippen LogP contribution in [0, 0.1) is 0 Å². The highest BCUT2D eigenvalue weighted by molar-refractivity contribution is 5.02. The van der Waals surface area contributed by atoms with Gasteiger partial charge >= 0.3 is 0 Å². The van der Waals surface area contributed by atoms with Crippen molar-refractivity contribution in [1.82, 2.24) is 10.6 Å². The molecule has 0 heterocycles. The van der Waals surface area contributed by atoms with Gasteiger partial charge in [0.2, 0.25) is 0 Å². The Morgan fingerprint density at radius 3 is 1.59 bits per heavy atom. The van der Waals surface area contributed by atoms with E-state index in [1.807, 2.05) is 0 Å². The first-order chi connectivity index (χ1) is 10.9. The molecule has 2 rings (SSSR count). The van der Waals surface area contributed by atoms with Crippen LogP contribution >= 0.6 is 0 Å². The highest BCUT2D eigenvalue weighted by Gasteiger charge is 2.03. The average Bonchev–Trinajstić information content (AvgIpc) is 2.58. The first-order valence-corrected chi connectivity index (χ1v) is 8.96. The Hall–Kier alpha value is -1.00. The quantitative estimate of drug-likeness (QED) is 0.576. The van der Waals surface area contributed by atoms with E-state index in [9.17, 15) is 0 Å². The second kappa shape index (κ2) is 11.6. The summed E-state index contributed by atoms with van der Waals surface area (Å²) in [6.07, 6.45) is 14.8. The SMILES string of the molecule is C1=C(NCCOCCOCCNC2=CCCCC2)CCCC1. The molecule has 2 N–H and O–H groups in total. The third-order valence-electron chi connectivity index (χ3n) is 4.15. The van der Waals surface area contributed by atoms with Crippen molar-refractivity contribution in [2.75, 3.05) is 39.5 Å². The van der Waals surface area contributed by atoms with Crippen LogP contribution in [0.2, 0.25) is 0 Å². The topological polar surface area (TPSA) is 42.5 Å². The number of hydrogen-bond acceptors (Lipinski definition) is 4. The van der Waals surface area contributed by atoms with Gasteiger partial charge in [0.1, 0.15) is 0 Å². The van der Waals surface area contributed by atoms with Crippen LogP contribution in [0.4, 0.5) is 0 Å². The smallest absolute Gasteiger partial charge is 0.0701 e. The molecule has 0 unspecified atom stereocenters. The van der Waals surface area contributed by atoms with Crippen molar-refractivity contribution in [3.8, 4) is 0 Å². The zero-order chi connectivity index (χ0) is 15.3. The maximum atomic E-state index is 5.57. The maximum Gasteiger partial charge on any atom is 0.0701 e. The lowest BCUT2D eigenvalue weighted by molar-refractivity contribution is 0.0508. The third-order valence-corrected chi connectivity index (χ3v) is 4.15. The second-order valence-electron chi connectivity index (χ2n) is 6.03. The molecule has 22 heavy (non-hydrogen) atoms. The standard InChI is InChI=1S/C18H32N2O2/c1-3-7-17(8-4-1)19-11-13-21-15-16-22-14-12-20-18-9-5-2-6-10-18/h7,9,19-20H,1-6,8,10-16H2. The van der Waals surface area contributed by atoms with Crippen molar-refractivity contribution in [1.29, 1.82) is 0 Å². The molecule has 0 bridgehead atoms.